The summed E-state index contributed by atoms with van der Waals surface area (Å²) in [7, 11) is 0. The van der Waals surface area contributed by atoms with Crippen LogP contribution in [0, 0.1) is 0 Å². The van der Waals surface area contributed by atoms with E-state index < -0.39 is 108 Å². The van der Waals surface area contributed by atoms with E-state index in [0.29, 0.717) is 38.0 Å². The van der Waals surface area contributed by atoms with Gasteiger partial charge in [-0.05, 0) is 89.8 Å². The fourth-order valence-corrected chi connectivity index (χ4v) is 5.73. The molecule has 0 spiro atoms. The number of aliphatic carboxylic acids is 2. The van der Waals surface area contributed by atoms with Crippen LogP contribution in [0.3, 0.4) is 0 Å². The van der Waals surface area contributed by atoms with Gasteiger partial charge in [-0.25, -0.2) is 4.79 Å². The molecule has 0 fully saturated rings. The van der Waals surface area contributed by atoms with Crippen molar-refractivity contribution < 1.29 is 53.4 Å². The summed E-state index contributed by atoms with van der Waals surface area (Å²) >= 11 is 1.35. The lowest BCUT2D eigenvalue weighted by molar-refractivity contribution is -0.143. The van der Waals surface area contributed by atoms with E-state index >= 15 is 0 Å². The molecule has 0 aliphatic heterocycles. The average molecular weight is 862 g/mol. The van der Waals surface area contributed by atoms with Gasteiger partial charge >= 0.3 is 11.9 Å². The fourth-order valence-electron chi connectivity index (χ4n) is 5.25. The van der Waals surface area contributed by atoms with E-state index in [-0.39, 0.29) is 51.2 Å². The van der Waals surface area contributed by atoms with E-state index in [1.165, 1.54) is 18.7 Å². The second-order valence-corrected chi connectivity index (χ2v) is 14.5. The number of unbranched alkanes of at least 4 members (excludes halogenated alkanes) is 2. The number of aliphatic imine (C=N–C) groups is 1. The van der Waals surface area contributed by atoms with E-state index in [9.17, 15) is 53.4 Å². The summed E-state index contributed by atoms with van der Waals surface area (Å²) in [5.41, 5.74) is 32.7. The van der Waals surface area contributed by atoms with Crippen LogP contribution >= 0.6 is 11.8 Å². The first kappa shape index (κ1) is 53.7. The third-order valence-corrected chi connectivity index (χ3v) is 9.13. The smallest absolute Gasteiger partial charge is 0.326 e. The maximum absolute atomic E-state index is 13.6. The number of carboxylic acids is 2. The van der Waals surface area contributed by atoms with Crippen LogP contribution in [0.2, 0.25) is 0 Å². The van der Waals surface area contributed by atoms with Crippen LogP contribution in [0.1, 0.15) is 77.6 Å². The second-order valence-electron chi connectivity index (χ2n) is 13.5. The van der Waals surface area contributed by atoms with Crippen molar-refractivity contribution in [1.82, 2.24) is 31.9 Å². The number of thioether (sulfide) groups is 1. The summed E-state index contributed by atoms with van der Waals surface area (Å²) in [6.07, 6.45) is 2.07. The molecule has 0 aromatic heterocycles. The van der Waals surface area contributed by atoms with E-state index in [2.05, 4.69) is 36.9 Å². The summed E-state index contributed by atoms with van der Waals surface area (Å²) in [6.45, 7) is 1.86. The lowest BCUT2D eigenvalue weighted by atomic mass is 10.0. The van der Waals surface area contributed by atoms with Gasteiger partial charge in [-0.3, -0.25) is 43.3 Å². The predicted octanol–water partition coefficient (Wildman–Crippen LogP) is -5.26. The fraction of sp³-hybridized carbons (Fsp3) is 0.706. The number of guanidine groups is 1. The van der Waals surface area contributed by atoms with Crippen molar-refractivity contribution in [3.63, 3.8) is 0 Å². The largest absolute Gasteiger partial charge is 0.481 e. The third-order valence-electron chi connectivity index (χ3n) is 8.48. The monoisotopic (exact) mass is 861 g/mol. The van der Waals surface area contributed by atoms with Crippen LogP contribution in [-0.4, -0.2) is 143 Å². The molecule has 0 bridgehead atoms. The van der Waals surface area contributed by atoms with Gasteiger partial charge in [0.15, 0.2) is 5.96 Å². The summed E-state index contributed by atoms with van der Waals surface area (Å²) in [5.74, 6) is -8.98. The minimum absolute atomic E-state index is 0.0316. The zero-order chi connectivity index (χ0) is 45.1. The van der Waals surface area contributed by atoms with Crippen molar-refractivity contribution in [2.24, 2.45) is 39.4 Å². The third kappa shape index (κ3) is 23.7. The van der Waals surface area contributed by atoms with Crippen LogP contribution in [-0.2, 0) is 43.2 Å². The Bertz CT molecular complexity index is 1450. The Morgan fingerprint density at radius 2 is 1.02 bits per heavy atom. The number of hydrogen-bond acceptors (Lipinski definition) is 14. The van der Waals surface area contributed by atoms with Gasteiger partial charge in [0.2, 0.25) is 41.4 Å². The van der Waals surface area contributed by atoms with Gasteiger partial charge in [-0.2, -0.15) is 11.8 Å². The molecule has 0 saturated heterocycles. The van der Waals surface area contributed by atoms with Crippen molar-refractivity contribution >= 4 is 71.0 Å². The highest BCUT2D eigenvalue weighted by atomic mass is 32.2. The number of primary amides is 1. The maximum Gasteiger partial charge on any atom is 0.326 e. The molecule has 0 aliphatic rings. The first-order valence-corrected chi connectivity index (χ1v) is 20.4. The number of hydrogen-bond donors (Lipinski definition) is 14. The molecule has 59 heavy (non-hydrogen) atoms. The number of rotatable bonds is 32. The molecular formula is C34H63N13O11S. The molecule has 25 heteroatoms. The van der Waals surface area contributed by atoms with Crippen LogP contribution in [0.5, 0.6) is 0 Å². The molecule has 0 aromatic rings. The minimum atomic E-state index is -1.79. The second kappa shape index (κ2) is 29.9. The van der Waals surface area contributed by atoms with Gasteiger partial charge in [0, 0.05) is 6.54 Å². The molecule has 24 nitrogen and oxygen atoms in total. The molecule has 0 aromatic carbocycles. The number of amides is 7. The number of nitrogens with zero attached hydrogens (tertiary/aromatic N) is 1. The summed E-state index contributed by atoms with van der Waals surface area (Å²) in [4.78, 5) is 118. The molecule has 0 radical (unpaired) electrons. The Morgan fingerprint density at radius 3 is 1.47 bits per heavy atom. The topological polar surface area (TPSA) is 435 Å². The first-order chi connectivity index (χ1) is 27.8. The Hall–Kier alpha value is -5.27. The van der Waals surface area contributed by atoms with Crippen molar-refractivity contribution in [1.29, 1.82) is 0 Å². The highest BCUT2D eigenvalue weighted by molar-refractivity contribution is 7.98. The first-order valence-electron chi connectivity index (χ1n) is 19.0. The summed E-state index contributed by atoms with van der Waals surface area (Å²) in [5, 5.41) is 33.7. The van der Waals surface area contributed by atoms with Gasteiger partial charge in [-0.15, -0.1) is 0 Å². The van der Waals surface area contributed by atoms with Gasteiger partial charge in [0.1, 0.15) is 36.3 Å². The number of nitrogens with two attached hydrogens (primary N) is 6. The molecule has 7 amide bonds. The van der Waals surface area contributed by atoms with Crippen molar-refractivity contribution in [2.45, 2.75) is 120 Å². The lowest BCUT2D eigenvalue weighted by Crippen LogP contribution is -2.59. The zero-order valence-electron chi connectivity index (χ0n) is 33.5. The highest BCUT2D eigenvalue weighted by Gasteiger charge is 2.33. The number of carboxylic acid groups (broad SMARTS) is 2. The van der Waals surface area contributed by atoms with Crippen LogP contribution in [0.4, 0.5) is 0 Å². The van der Waals surface area contributed by atoms with Crippen LogP contribution in [0.25, 0.3) is 0 Å². The maximum atomic E-state index is 13.6. The number of carbonyl (C=O) groups excluding carboxylic acids is 7. The van der Waals surface area contributed by atoms with Crippen LogP contribution in [0.15, 0.2) is 4.99 Å². The highest BCUT2D eigenvalue weighted by Crippen LogP contribution is 2.08. The zero-order valence-corrected chi connectivity index (χ0v) is 34.4. The van der Waals surface area contributed by atoms with Gasteiger partial charge in [-0.1, -0.05) is 0 Å². The van der Waals surface area contributed by atoms with Crippen LogP contribution < -0.4 is 66.3 Å². The van der Waals surface area contributed by atoms with E-state index in [1.807, 2.05) is 0 Å². The normalized spacial score (nSPS) is 14.4. The van der Waals surface area contributed by atoms with E-state index in [0.717, 1.165) is 0 Å². The Morgan fingerprint density at radius 1 is 0.576 bits per heavy atom. The molecule has 20 N–H and O–H groups in total. The van der Waals surface area contributed by atoms with Crippen molar-refractivity contribution in [3.8, 4) is 0 Å². The molecule has 0 unspecified atom stereocenters. The SMILES string of the molecule is CSCC[C@H](NC(=O)[C@H](CCCN=C(N)N)NC(=O)[C@H](CC(=O)O)NC(=O)[C@H](CCCCN)NC(=O)[C@H](C)NC(=O)[C@H](CCCCN)NC(=O)[C@@H](N)CC(N)=O)C(=O)O. The van der Waals surface area contributed by atoms with Crippen molar-refractivity contribution in [3.05, 3.63) is 0 Å². The quantitative estimate of drug-likeness (QED) is 0.0171. The molecule has 0 heterocycles. The molecule has 0 aliphatic carbocycles. The number of carbonyl (C=O) groups is 9. The van der Waals surface area contributed by atoms with E-state index in [1.54, 1.807) is 6.26 Å². The van der Waals surface area contributed by atoms with E-state index in [4.69, 9.17) is 34.4 Å². The number of nitrogens with one attached hydrogen (secondary N) is 6. The van der Waals surface area contributed by atoms with Gasteiger partial charge in [0.05, 0.1) is 18.9 Å². The predicted molar refractivity (Wildman–Crippen MR) is 218 cm³/mol. The molecule has 7 atom stereocenters. The standard InChI is InChI=1S/C34H63N13O11S/c1-18(42-29(53)20(8-3-5-12-35)44-28(52)19(37)16-25(38)48)27(51)43-21(9-4-6-13-36)31(55)47-24(17-26(49)50)32(56)45-22(10-7-14-41-34(39)40)30(54)46-23(33(57)58)11-15-59-2/h18-24H,3-17,35-37H2,1-2H3,(H2,38,48)(H,42,53)(H,43,51)(H,44,52)(H,45,56)(H,46,54)(H,47,55)(H,49,50)(H,57,58)(H4,39,40,41)/t18-,19-,20-,21-,22-,23-,24-/m0/s1. The van der Waals surface area contributed by atoms with Gasteiger partial charge in [0.25, 0.3) is 0 Å². The Kier molecular flexibility index (Phi) is 27.2. The lowest BCUT2D eigenvalue weighted by Gasteiger charge is -2.26. The summed E-state index contributed by atoms with van der Waals surface area (Å²) in [6, 6.07) is -9.71. The average Bonchev–Trinajstić information content (AvgIpc) is 3.15. The van der Waals surface area contributed by atoms with Crippen molar-refractivity contribution in [2.75, 3.05) is 31.6 Å². The molecule has 336 valence electrons. The Labute approximate surface area is 346 Å². The molecule has 0 rings (SSSR count). The Balaban J connectivity index is 6.21. The van der Waals surface area contributed by atoms with Gasteiger partial charge < -0.3 is 76.5 Å². The summed E-state index contributed by atoms with van der Waals surface area (Å²) < 4.78 is 0. The molecule has 0 saturated carbocycles. The molecular weight excluding hydrogens is 799 g/mol. The minimum Gasteiger partial charge on any atom is -0.481 e.